The van der Waals surface area contributed by atoms with Gasteiger partial charge in [-0.05, 0) is 41.3 Å². The lowest BCUT2D eigenvalue weighted by atomic mass is 10.0. The van der Waals surface area contributed by atoms with Gasteiger partial charge in [0.05, 0.1) is 12.3 Å². The zero-order chi connectivity index (χ0) is 21.7. The largest absolute Gasteiger partial charge is 0.390 e. The van der Waals surface area contributed by atoms with Gasteiger partial charge in [-0.3, -0.25) is 4.79 Å². The van der Waals surface area contributed by atoms with Gasteiger partial charge in [-0.1, -0.05) is 43.3 Å². The van der Waals surface area contributed by atoms with Gasteiger partial charge in [-0.2, -0.15) is 0 Å². The van der Waals surface area contributed by atoms with E-state index in [-0.39, 0.29) is 23.7 Å². The van der Waals surface area contributed by atoms with Crippen LogP contribution in [-0.4, -0.2) is 43.3 Å². The number of benzene rings is 2. The molecule has 1 heterocycles. The highest BCUT2D eigenvalue weighted by Crippen LogP contribution is 2.21. The van der Waals surface area contributed by atoms with E-state index in [2.05, 4.69) is 5.16 Å². The SMILES string of the molecule is CC(C)CC(=O)N(Cc1cccc(F)c1)C[C@H]1CC(c2ccc(N(C)C)cc2)=NO1. The third-order valence-corrected chi connectivity index (χ3v) is 5.07. The zero-order valence-electron chi connectivity index (χ0n) is 18.1. The van der Waals surface area contributed by atoms with Crippen molar-refractivity contribution < 1.29 is 14.0 Å². The summed E-state index contributed by atoms with van der Waals surface area (Å²) in [4.78, 5) is 22.3. The van der Waals surface area contributed by atoms with Crippen molar-refractivity contribution in [2.24, 2.45) is 11.1 Å². The molecule has 0 unspecified atom stereocenters. The number of hydrogen-bond donors (Lipinski definition) is 0. The maximum atomic E-state index is 13.6. The molecule has 0 spiro atoms. The molecule has 0 saturated heterocycles. The van der Waals surface area contributed by atoms with Crippen molar-refractivity contribution in [3.05, 3.63) is 65.5 Å². The van der Waals surface area contributed by atoms with Crippen LogP contribution in [0.3, 0.4) is 0 Å². The van der Waals surface area contributed by atoms with Crippen molar-refractivity contribution in [2.45, 2.75) is 39.3 Å². The van der Waals surface area contributed by atoms with Crippen LogP contribution in [0, 0.1) is 11.7 Å². The van der Waals surface area contributed by atoms with E-state index in [1.807, 2.05) is 63.2 Å². The van der Waals surface area contributed by atoms with Gasteiger partial charge in [0.15, 0.2) is 6.10 Å². The van der Waals surface area contributed by atoms with Crippen LogP contribution in [0.1, 0.15) is 37.8 Å². The Balaban J connectivity index is 1.66. The minimum absolute atomic E-state index is 0.0432. The molecule has 1 aliphatic heterocycles. The molecule has 0 radical (unpaired) electrons. The van der Waals surface area contributed by atoms with Crippen molar-refractivity contribution in [2.75, 3.05) is 25.5 Å². The number of anilines is 1. The van der Waals surface area contributed by atoms with Crippen molar-refractivity contribution in [3.8, 4) is 0 Å². The fourth-order valence-electron chi connectivity index (χ4n) is 3.48. The Morgan fingerprint density at radius 3 is 2.57 bits per heavy atom. The lowest BCUT2D eigenvalue weighted by Crippen LogP contribution is -2.37. The molecule has 0 bridgehead atoms. The highest BCUT2D eigenvalue weighted by atomic mass is 19.1. The normalized spacial score (nSPS) is 15.7. The predicted molar refractivity (Wildman–Crippen MR) is 118 cm³/mol. The molecule has 1 aliphatic rings. The Hall–Kier alpha value is -2.89. The van der Waals surface area contributed by atoms with Gasteiger partial charge in [0.25, 0.3) is 0 Å². The van der Waals surface area contributed by atoms with Gasteiger partial charge >= 0.3 is 0 Å². The van der Waals surface area contributed by atoms with Gasteiger partial charge in [0.2, 0.25) is 5.91 Å². The van der Waals surface area contributed by atoms with Gasteiger partial charge in [-0.25, -0.2) is 4.39 Å². The Bertz CT molecular complexity index is 894. The number of amides is 1. The van der Waals surface area contributed by atoms with E-state index in [1.165, 1.54) is 12.1 Å². The molecule has 5 nitrogen and oxygen atoms in total. The van der Waals surface area contributed by atoms with Crippen LogP contribution >= 0.6 is 0 Å². The first-order valence-corrected chi connectivity index (χ1v) is 10.3. The molecule has 2 aromatic rings. The number of hydrogen-bond acceptors (Lipinski definition) is 4. The molecule has 160 valence electrons. The molecular formula is C24H30FN3O2. The van der Waals surface area contributed by atoms with Crippen molar-refractivity contribution in [1.29, 1.82) is 0 Å². The van der Waals surface area contributed by atoms with Crippen LogP contribution in [0.15, 0.2) is 53.7 Å². The maximum absolute atomic E-state index is 13.6. The first-order chi connectivity index (χ1) is 14.3. The van der Waals surface area contributed by atoms with Crippen LogP contribution in [-0.2, 0) is 16.2 Å². The van der Waals surface area contributed by atoms with Crippen LogP contribution in [0.4, 0.5) is 10.1 Å². The number of oxime groups is 1. The van der Waals surface area contributed by atoms with Crippen LogP contribution in [0.2, 0.25) is 0 Å². The average molecular weight is 412 g/mol. The van der Waals surface area contributed by atoms with Crippen molar-refractivity contribution in [3.63, 3.8) is 0 Å². The summed E-state index contributed by atoms with van der Waals surface area (Å²) in [7, 11) is 4.01. The first-order valence-electron chi connectivity index (χ1n) is 10.3. The van der Waals surface area contributed by atoms with E-state index in [0.29, 0.717) is 25.9 Å². The van der Waals surface area contributed by atoms with E-state index in [0.717, 1.165) is 22.5 Å². The van der Waals surface area contributed by atoms with E-state index in [4.69, 9.17) is 4.84 Å². The van der Waals surface area contributed by atoms with Gasteiger partial charge in [-0.15, -0.1) is 0 Å². The Labute approximate surface area is 178 Å². The lowest BCUT2D eigenvalue weighted by Gasteiger charge is -2.26. The second-order valence-electron chi connectivity index (χ2n) is 8.41. The van der Waals surface area contributed by atoms with Gasteiger partial charge < -0.3 is 14.6 Å². The number of halogens is 1. The molecule has 0 N–H and O–H groups in total. The first kappa shape index (κ1) is 21.8. The standard InChI is InChI=1S/C24H30FN3O2/c1-17(2)12-24(29)28(15-18-6-5-7-20(25)13-18)16-22-14-23(26-30-22)19-8-10-21(11-9-19)27(3)4/h5-11,13,17,22H,12,14-16H2,1-4H3/t22-/m1/s1. The molecular weight excluding hydrogens is 381 g/mol. The molecule has 0 aromatic heterocycles. The second-order valence-corrected chi connectivity index (χ2v) is 8.41. The lowest BCUT2D eigenvalue weighted by molar-refractivity contribution is -0.134. The number of nitrogens with zero attached hydrogens (tertiary/aromatic N) is 3. The molecule has 1 atom stereocenters. The van der Waals surface area contributed by atoms with E-state index in [1.54, 1.807) is 11.0 Å². The zero-order valence-corrected chi connectivity index (χ0v) is 18.1. The summed E-state index contributed by atoms with van der Waals surface area (Å²) >= 11 is 0. The fourth-order valence-corrected chi connectivity index (χ4v) is 3.48. The van der Waals surface area contributed by atoms with Crippen molar-refractivity contribution in [1.82, 2.24) is 4.90 Å². The number of carbonyl (C=O) groups is 1. The smallest absolute Gasteiger partial charge is 0.223 e. The van der Waals surface area contributed by atoms with Gasteiger partial charge in [0.1, 0.15) is 5.82 Å². The third-order valence-electron chi connectivity index (χ3n) is 5.07. The molecule has 0 saturated carbocycles. The van der Waals surface area contributed by atoms with Crippen LogP contribution < -0.4 is 4.90 Å². The summed E-state index contributed by atoms with van der Waals surface area (Å²) in [6, 6.07) is 14.6. The summed E-state index contributed by atoms with van der Waals surface area (Å²) in [5, 5.41) is 4.26. The Morgan fingerprint density at radius 1 is 1.20 bits per heavy atom. The Morgan fingerprint density at radius 2 is 1.93 bits per heavy atom. The molecule has 30 heavy (non-hydrogen) atoms. The molecule has 0 fully saturated rings. The second kappa shape index (κ2) is 9.74. The summed E-state index contributed by atoms with van der Waals surface area (Å²) in [6.07, 6.45) is 0.871. The minimum atomic E-state index is -0.298. The molecule has 6 heteroatoms. The van der Waals surface area contributed by atoms with E-state index >= 15 is 0 Å². The highest BCUT2D eigenvalue weighted by Gasteiger charge is 2.27. The maximum Gasteiger partial charge on any atom is 0.223 e. The molecule has 0 aliphatic carbocycles. The van der Waals surface area contributed by atoms with Crippen LogP contribution in [0.25, 0.3) is 0 Å². The molecule has 2 aromatic carbocycles. The molecule has 3 rings (SSSR count). The van der Waals surface area contributed by atoms with Gasteiger partial charge in [0, 0.05) is 39.2 Å². The summed E-state index contributed by atoms with van der Waals surface area (Å²) in [5.74, 6) is -0.00617. The quantitative estimate of drug-likeness (QED) is 0.644. The van der Waals surface area contributed by atoms with Crippen molar-refractivity contribution >= 4 is 17.3 Å². The highest BCUT2D eigenvalue weighted by molar-refractivity contribution is 6.01. The van der Waals surface area contributed by atoms with Crippen LogP contribution in [0.5, 0.6) is 0 Å². The fraction of sp³-hybridized carbons (Fsp3) is 0.417. The third kappa shape index (κ3) is 5.81. The summed E-state index contributed by atoms with van der Waals surface area (Å²) in [6.45, 7) is 4.81. The summed E-state index contributed by atoms with van der Waals surface area (Å²) < 4.78 is 13.6. The minimum Gasteiger partial charge on any atom is -0.390 e. The van der Waals surface area contributed by atoms with E-state index in [9.17, 15) is 9.18 Å². The average Bonchev–Trinajstić information content (AvgIpc) is 3.15. The topological polar surface area (TPSA) is 45.1 Å². The van der Waals surface area contributed by atoms with E-state index < -0.39 is 0 Å². The predicted octanol–water partition coefficient (Wildman–Crippen LogP) is 4.46. The number of carbonyl (C=O) groups excluding carboxylic acids is 1. The molecule has 1 amide bonds. The Kier molecular flexibility index (Phi) is 7.08. The summed E-state index contributed by atoms with van der Waals surface area (Å²) in [5.41, 5.74) is 3.79. The number of rotatable bonds is 8. The monoisotopic (exact) mass is 411 g/mol.